The van der Waals surface area contributed by atoms with E-state index in [0.717, 1.165) is 18.4 Å². The average Bonchev–Trinajstić information content (AvgIpc) is 2.98. The van der Waals surface area contributed by atoms with Crippen LogP contribution < -0.4 is 10.5 Å². The smallest absolute Gasteiger partial charge is 0.160 e. The fourth-order valence-corrected chi connectivity index (χ4v) is 2.13. The van der Waals surface area contributed by atoms with Gasteiger partial charge in [-0.05, 0) is 30.5 Å². The van der Waals surface area contributed by atoms with E-state index in [1.165, 1.54) is 0 Å². The van der Waals surface area contributed by atoms with E-state index in [-0.39, 0.29) is 16.7 Å². The molecule has 16 heavy (non-hydrogen) atoms. The van der Waals surface area contributed by atoms with E-state index in [2.05, 4.69) is 13.8 Å². The summed E-state index contributed by atoms with van der Waals surface area (Å²) in [6.07, 6.45) is 2.10. The van der Waals surface area contributed by atoms with Crippen molar-refractivity contribution in [3.05, 3.63) is 23.8 Å². The van der Waals surface area contributed by atoms with Crippen LogP contribution in [0.3, 0.4) is 0 Å². The summed E-state index contributed by atoms with van der Waals surface area (Å²) in [6, 6.07) is 5.52. The first kappa shape index (κ1) is 11.3. The van der Waals surface area contributed by atoms with Crippen LogP contribution in [0, 0.1) is 0 Å². The zero-order chi connectivity index (χ0) is 12.0. The summed E-state index contributed by atoms with van der Waals surface area (Å²) in [7, 11) is 1.55. The minimum Gasteiger partial charge on any atom is -0.504 e. The molecular formula is C13H19NO2. The predicted octanol–water partition coefficient (Wildman–Crippen LogP) is 2.17. The van der Waals surface area contributed by atoms with Gasteiger partial charge in [-0.15, -0.1) is 0 Å². The lowest BCUT2D eigenvalue weighted by atomic mass is 9.76. The third-order valence-electron chi connectivity index (χ3n) is 3.93. The third kappa shape index (κ3) is 1.55. The summed E-state index contributed by atoms with van der Waals surface area (Å²) < 4.78 is 5.03. The zero-order valence-electron chi connectivity index (χ0n) is 10.1. The van der Waals surface area contributed by atoms with Gasteiger partial charge in [0, 0.05) is 11.0 Å². The van der Waals surface area contributed by atoms with Crippen molar-refractivity contribution in [2.24, 2.45) is 5.73 Å². The molecule has 0 bridgehead atoms. The molecule has 0 heterocycles. The van der Waals surface area contributed by atoms with E-state index in [9.17, 15) is 5.11 Å². The van der Waals surface area contributed by atoms with Crippen LogP contribution in [-0.4, -0.2) is 17.8 Å². The predicted molar refractivity (Wildman–Crippen MR) is 63.8 cm³/mol. The van der Waals surface area contributed by atoms with E-state index in [1.807, 2.05) is 6.07 Å². The van der Waals surface area contributed by atoms with Gasteiger partial charge in [-0.1, -0.05) is 19.9 Å². The monoisotopic (exact) mass is 221 g/mol. The Bertz CT molecular complexity index is 408. The molecule has 0 saturated heterocycles. The molecule has 0 aromatic heterocycles. The fourth-order valence-electron chi connectivity index (χ4n) is 2.13. The number of ether oxygens (including phenoxy) is 1. The molecule has 3 N–H and O–H groups in total. The lowest BCUT2D eigenvalue weighted by molar-refractivity contribution is 0.364. The van der Waals surface area contributed by atoms with Crippen LogP contribution in [0.15, 0.2) is 18.2 Å². The Morgan fingerprint density at radius 3 is 2.44 bits per heavy atom. The van der Waals surface area contributed by atoms with Crippen molar-refractivity contribution in [1.82, 2.24) is 0 Å². The average molecular weight is 221 g/mol. The van der Waals surface area contributed by atoms with Crippen LogP contribution in [0.1, 0.15) is 32.3 Å². The van der Waals surface area contributed by atoms with E-state index in [1.54, 1.807) is 19.2 Å². The standard InChI is InChI=1S/C13H19NO2/c1-12(2,13(14)6-7-13)9-4-5-11(16-3)10(15)8-9/h4-5,8,15H,6-7,14H2,1-3H3. The minimum atomic E-state index is -0.117. The maximum absolute atomic E-state index is 9.77. The Hall–Kier alpha value is -1.22. The highest BCUT2D eigenvalue weighted by Gasteiger charge is 2.51. The van der Waals surface area contributed by atoms with E-state index in [0.29, 0.717) is 5.75 Å². The molecule has 3 nitrogen and oxygen atoms in total. The second-order valence-electron chi connectivity index (χ2n) is 5.17. The molecule has 1 saturated carbocycles. The number of phenols is 1. The van der Waals surface area contributed by atoms with Crippen molar-refractivity contribution in [1.29, 1.82) is 0 Å². The van der Waals surface area contributed by atoms with Crippen LogP contribution in [0.5, 0.6) is 11.5 Å². The van der Waals surface area contributed by atoms with Crippen molar-refractivity contribution < 1.29 is 9.84 Å². The van der Waals surface area contributed by atoms with E-state index < -0.39 is 0 Å². The largest absolute Gasteiger partial charge is 0.504 e. The Morgan fingerprint density at radius 1 is 1.38 bits per heavy atom. The molecule has 0 aliphatic heterocycles. The van der Waals surface area contributed by atoms with Crippen LogP contribution in [0.25, 0.3) is 0 Å². The maximum atomic E-state index is 9.77. The molecule has 1 aliphatic carbocycles. The summed E-state index contributed by atoms with van der Waals surface area (Å²) in [5.74, 6) is 0.679. The molecule has 1 aromatic rings. The Morgan fingerprint density at radius 2 is 2.00 bits per heavy atom. The van der Waals surface area contributed by atoms with E-state index >= 15 is 0 Å². The highest BCUT2D eigenvalue weighted by Crippen LogP contribution is 2.50. The maximum Gasteiger partial charge on any atom is 0.160 e. The van der Waals surface area contributed by atoms with Crippen molar-refractivity contribution in [3.63, 3.8) is 0 Å². The fraction of sp³-hybridized carbons (Fsp3) is 0.538. The first-order valence-corrected chi connectivity index (χ1v) is 5.57. The Kier molecular flexibility index (Phi) is 2.39. The number of hydrogen-bond donors (Lipinski definition) is 2. The lowest BCUT2D eigenvalue weighted by Gasteiger charge is -2.32. The summed E-state index contributed by atoms with van der Waals surface area (Å²) >= 11 is 0. The van der Waals surface area contributed by atoms with Gasteiger partial charge < -0.3 is 15.6 Å². The van der Waals surface area contributed by atoms with Gasteiger partial charge in [0.2, 0.25) is 0 Å². The Labute approximate surface area is 96.2 Å². The quantitative estimate of drug-likeness (QED) is 0.822. The summed E-state index contributed by atoms with van der Waals surface area (Å²) in [6.45, 7) is 4.25. The van der Waals surface area contributed by atoms with Crippen LogP contribution >= 0.6 is 0 Å². The summed E-state index contributed by atoms with van der Waals surface area (Å²) in [4.78, 5) is 0. The van der Waals surface area contributed by atoms with Crippen molar-refractivity contribution in [2.75, 3.05) is 7.11 Å². The van der Waals surface area contributed by atoms with Crippen molar-refractivity contribution >= 4 is 0 Å². The molecular weight excluding hydrogens is 202 g/mol. The number of aromatic hydroxyl groups is 1. The number of phenolic OH excluding ortho intramolecular Hbond substituents is 1. The highest BCUT2D eigenvalue weighted by molar-refractivity contribution is 5.45. The van der Waals surface area contributed by atoms with Gasteiger partial charge in [0.1, 0.15) is 0 Å². The molecule has 0 amide bonds. The van der Waals surface area contributed by atoms with Gasteiger partial charge in [-0.3, -0.25) is 0 Å². The summed E-state index contributed by atoms with van der Waals surface area (Å²) in [5, 5.41) is 9.77. The molecule has 0 unspecified atom stereocenters. The second-order valence-corrected chi connectivity index (χ2v) is 5.17. The van der Waals surface area contributed by atoms with Gasteiger partial charge in [0.05, 0.1) is 7.11 Å². The van der Waals surface area contributed by atoms with Crippen LogP contribution in [0.4, 0.5) is 0 Å². The number of benzene rings is 1. The molecule has 0 radical (unpaired) electrons. The molecule has 0 atom stereocenters. The first-order chi connectivity index (χ1) is 7.40. The SMILES string of the molecule is COc1ccc(C(C)(C)C2(N)CC2)cc1O. The first-order valence-electron chi connectivity index (χ1n) is 5.57. The Balaban J connectivity index is 2.37. The van der Waals surface area contributed by atoms with Crippen molar-refractivity contribution in [3.8, 4) is 11.5 Å². The third-order valence-corrected chi connectivity index (χ3v) is 3.93. The molecule has 0 spiro atoms. The van der Waals surface area contributed by atoms with Crippen molar-refractivity contribution in [2.45, 2.75) is 37.6 Å². The minimum absolute atomic E-state index is 0.114. The molecule has 88 valence electrons. The number of methoxy groups -OCH3 is 1. The van der Waals surface area contributed by atoms with Gasteiger partial charge in [0.25, 0.3) is 0 Å². The van der Waals surface area contributed by atoms with Gasteiger partial charge in [-0.25, -0.2) is 0 Å². The zero-order valence-corrected chi connectivity index (χ0v) is 10.1. The second kappa shape index (κ2) is 3.39. The van der Waals surface area contributed by atoms with Crippen LogP contribution in [-0.2, 0) is 5.41 Å². The molecule has 2 rings (SSSR count). The molecule has 1 aliphatic rings. The highest BCUT2D eigenvalue weighted by atomic mass is 16.5. The topological polar surface area (TPSA) is 55.5 Å². The molecule has 1 aromatic carbocycles. The van der Waals surface area contributed by atoms with Gasteiger partial charge in [-0.2, -0.15) is 0 Å². The number of hydrogen-bond acceptors (Lipinski definition) is 3. The number of nitrogens with two attached hydrogens (primary N) is 1. The van der Waals surface area contributed by atoms with Crippen LogP contribution in [0.2, 0.25) is 0 Å². The van der Waals surface area contributed by atoms with Gasteiger partial charge >= 0.3 is 0 Å². The van der Waals surface area contributed by atoms with Gasteiger partial charge in [0.15, 0.2) is 11.5 Å². The summed E-state index contributed by atoms with van der Waals surface area (Å²) in [5.41, 5.74) is 7.09. The molecule has 1 fully saturated rings. The molecule has 3 heteroatoms. The van der Waals surface area contributed by atoms with E-state index in [4.69, 9.17) is 10.5 Å². The number of rotatable bonds is 3. The normalized spacial score (nSPS) is 18.2. The lowest BCUT2D eigenvalue weighted by Crippen LogP contribution is -2.43.